The van der Waals surface area contributed by atoms with Crippen molar-refractivity contribution in [3.05, 3.63) is 58.7 Å². The summed E-state index contributed by atoms with van der Waals surface area (Å²) in [6.45, 7) is 12.2. The Bertz CT molecular complexity index is 1200. The lowest BCUT2D eigenvalue weighted by Gasteiger charge is -2.38. The molecular weight excluding hydrogens is 442 g/mol. The number of nitrogens with one attached hydrogen (secondary N) is 2. The van der Waals surface area contributed by atoms with E-state index in [4.69, 9.17) is 5.73 Å². The first-order valence-corrected chi connectivity index (χ1v) is 11.8. The number of hydrogen-bond donors (Lipinski definition) is 4. The molecule has 0 unspecified atom stereocenters. The van der Waals surface area contributed by atoms with Crippen molar-refractivity contribution >= 4 is 35.1 Å². The molecule has 9 heteroatoms. The minimum Gasteiger partial charge on any atom is -0.507 e. The fourth-order valence-corrected chi connectivity index (χ4v) is 4.34. The number of primary amides is 1. The topological polar surface area (TPSA) is 123 Å². The summed E-state index contributed by atoms with van der Waals surface area (Å²) in [6.07, 6.45) is 1.61. The fourth-order valence-electron chi connectivity index (χ4n) is 4.34. The quantitative estimate of drug-likeness (QED) is 0.385. The van der Waals surface area contributed by atoms with Gasteiger partial charge in [0, 0.05) is 49.8 Å². The molecule has 5 N–H and O–H groups in total. The van der Waals surface area contributed by atoms with Gasteiger partial charge in [-0.1, -0.05) is 0 Å². The molecule has 0 atom stereocenters. The Morgan fingerprint density at radius 1 is 1.14 bits per heavy atom. The number of amides is 1. The number of phenolic OH excluding ortho intramolecular Hbond substituents is 1. The minimum atomic E-state index is -0.633. The van der Waals surface area contributed by atoms with Gasteiger partial charge in [-0.2, -0.15) is 5.10 Å². The predicted molar refractivity (Wildman–Crippen MR) is 141 cm³/mol. The van der Waals surface area contributed by atoms with E-state index in [9.17, 15) is 9.90 Å². The highest BCUT2D eigenvalue weighted by Crippen LogP contribution is 2.28. The standard InChI is InChI=1S/C26H33N7O2/c1-16(2)32-9-11-33(12-10-32)21-7-5-20(6-8-21)29-26-22(24(27)35)25(30-31-26)28-15-19-13-17(3)23(34)18(4)14-19/h5-8,13-16,34H,9-12H2,1-4H3,(H2,27,35)(H2,29,30,31). The number of nitrogens with two attached hydrogens (primary N) is 1. The lowest BCUT2D eigenvalue weighted by atomic mass is 10.1. The number of rotatable bonds is 7. The van der Waals surface area contributed by atoms with Crippen LogP contribution in [0.2, 0.25) is 0 Å². The number of anilines is 3. The fraction of sp³-hybridized carbons (Fsp3) is 0.346. The van der Waals surface area contributed by atoms with Crippen molar-refractivity contribution in [1.29, 1.82) is 0 Å². The molecule has 9 nitrogen and oxygen atoms in total. The van der Waals surface area contributed by atoms with Gasteiger partial charge in [0.25, 0.3) is 5.91 Å². The van der Waals surface area contributed by atoms with Crippen LogP contribution in [0, 0.1) is 13.8 Å². The van der Waals surface area contributed by atoms with Gasteiger partial charge >= 0.3 is 0 Å². The maximum atomic E-state index is 12.2. The van der Waals surface area contributed by atoms with Crippen molar-refractivity contribution in [2.24, 2.45) is 10.7 Å². The van der Waals surface area contributed by atoms with Crippen LogP contribution in [0.4, 0.5) is 23.0 Å². The van der Waals surface area contributed by atoms with Gasteiger partial charge in [-0.3, -0.25) is 14.8 Å². The van der Waals surface area contributed by atoms with Gasteiger partial charge in [-0.15, -0.1) is 0 Å². The third kappa shape index (κ3) is 5.46. The Morgan fingerprint density at radius 3 is 2.34 bits per heavy atom. The number of phenols is 1. The van der Waals surface area contributed by atoms with Crippen LogP contribution < -0.4 is 16.0 Å². The van der Waals surface area contributed by atoms with Gasteiger partial charge in [-0.05, 0) is 80.8 Å². The second kappa shape index (κ2) is 10.2. The molecule has 184 valence electrons. The summed E-state index contributed by atoms with van der Waals surface area (Å²) in [7, 11) is 0. The molecule has 2 aromatic carbocycles. The summed E-state index contributed by atoms with van der Waals surface area (Å²) >= 11 is 0. The molecule has 35 heavy (non-hydrogen) atoms. The maximum absolute atomic E-state index is 12.2. The number of aromatic hydroxyl groups is 1. The molecule has 3 aromatic rings. The first kappa shape index (κ1) is 24.3. The zero-order valence-electron chi connectivity index (χ0n) is 20.7. The largest absolute Gasteiger partial charge is 0.507 e. The number of hydrogen-bond acceptors (Lipinski definition) is 7. The van der Waals surface area contributed by atoms with Gasteiger partial charge in [0.2, 0.25) is 0 Å². The molecule has 0 radical (unpaired) electrons. The molecule has 0 spiro atoms. The van der Waals surface area contributed by atoms with E-state index < -0.39 is 5.91 Å². The molecular formula is C26H33N7O2. The van der Waals surface area contributed by atoms with Crippen molar-refractivity contribution < 1.29 is 9.90 Å². The van der Waals surface area contributed by atoms with E-state index in [1.807, 2.05) is 38.1 Å². The predicted octanol–water partition coefficient (Wildman–Crippen LogP) is 3.86. The van der Waals surface area contributed by atoms with Crippen molar-refractivity contribution in [3.63, 3.8) is 0 Å². The number of piperazine rings is 1. The molecule has 1 aliphatic heterocycles. The van der Waals surface area contributed by atoms with Crippen LogP contribution in [0.3, 0.4) is 0 Å². The first-order valence-electron chi connectivity index (χ1n) is 11.8. The molecule has 2 heterocycles. The molecule has 1 fully saturated rings. The van der Waals surface area contributed by atoms with Crippen LogP contribution in [0.15, 0.2) is 41.4 Å². The molecule has 0 aliphatic carbocycles. The van der Waals surface area contributed by atoms with Gasteiger partial charge in [-0.25, -0.2) is 4.99 Å². The SMILES string of the molecule is Cc1cc(C=Nc2[nH]nc(Nc3ccc(N4CCN(C(C)C)CC4)cc3)c2C(N)=O)cc(C)c1O. The Kier molecular flexibility index (Phi) is 7.07. The third-order valence-electron chi connectivity index (χ3n) is 6.39. The van der Waals surface area contributed by atoms with Crippen LogP contribution in [-0.2, 0) is 0 Å². The highest BCUT2D eigenvalue weighted by molar-refractivity contribution is 6.03. The van der Waals surface area contributed by atoms with Crippen molar-refractivity contribution in [2.75, 3.05) is 36.4 Å². The number of aliphatic imine (C=N–C) groups is 1. The number of H-pyrrole nitrogens is 1. The summed E-state index contributed by atoms with van der Waals surface area (Å²) in [5.74, 6) is 0.215. The molecule has 1 aliphatic rings. The second-order valence-corrected chi connectivity index (χ2v) is 9.21. The third-order valence-corrected chi connectivity index (χ3v) is 6.39. The van der Waals surface area contributed by atoms with Crippen LogP contribution >= 0.6 is 0 Å². The van der Waals surface area contributed by atoms with Gasteiger partial charge in [0.1, 0.15) is 11.3 Å². The Morgan fingerprint density at radius 2 is 1.77 bits per heavy atom. The number of carbonyl (C=O) groups is 1. The molecule has 0 saturated carbocycles. The Hall–Kier alpha value is -3.85. The smallest absolute Gasteiger partial charge is 0.256 e. The Labute approximate surface area is 205 Å². The lowest BCUT2D eigenvalue weighted by molar-refractivity contribution is 0.100. The van der Waals surface area contributed by atoms with Crippen molar-refractivity contribution in [3.8, 4) is 5.75 Å². The van der Waals surface area contributed by atoms with Gasteiger partial charge < -0.3 is 21.1 Å². The Balaban J connectivity index is 1.48. The minimum absolute atomic E-state index is 0.183. The average molecular weight is 476 g/mol. The summed E-state index contributed by atoms with van der Waals surface area (Å²) in [4.78, 5) is 21.5. The molecule has 4 rings (SSSR count). The van der Waals surface area contributed by atoms with Crippen LogP contribution in [0.5, 0.6) is 5.75 Å². The summed E-state index contributed by atoms with van der Waals surface area (Å²) < 4.78 is 0. The van der Waals surface area contributed by atoms with E-state index in [0.717, 1.165) is 48.6 Å². The van der Waals surface area contributed by atoms with E-state index in [2.05, 4.69) is 56.3 Å². The van der Waals surface area contributed by atoms with E-state index in [1.54, 1.807) is 6.21 Å². The second-order valence-electron chi connectivity index (χ2n) is 9.21. The summed E-state index contributed by atoms with van der Waals surface area (Å²) in [6, 6.07) is 12.3. The molecule has 1 amide bonds. The molecule has 1 saturated heterocycles. The van der Waals surface area contributed by atoms with E-state index in [0.29, 0.717) is 11.9 Å². The van der Waals surface area contributed by atoms with Gasteiger partial charge in [0.15, 0.2) is 11.6 Å². The van der Waals surface area contributed by atoms with Gasteiger partial charge in [0.05, 0.1) is 0 Å². The summed E-state index contributed by atoms with van der Waals surface area (Å²) in [5.41, 5.74) is 10.1. The van der Waals surface area contributed by atoms with Crippen LogP contribution in [0.25, 0.3) is 0 Å². The summed E-state index contributed by atoms with van der Waals surface area (Å²) in [5, 5.41) is 20.2. The zero-order chi connectivity index (χ0) is 25.1. The number of aromatic amines is 1. The zero-order valence-corrected chi connectivity index (χ0v) is 20.7. The van der Waals surface area contributed by atoms with E-state index in [-0.39, 0.29) is 17.1 Å². The average Bonchev–Trinajstić information content (AvgIpc) is 3.24. The normalized spacial score (nSPS) is 14.7. The number of nitrogens with zero attached hydrogens (tertiary/aromatic N) is 4. The molecule has 0 bridgehead atoms. The highest BCUT2D eigenvalue weighted by atomic mass is 16.3. The number of benzene rings is 2. The maximum Gasteiger partial charge on any atom is 0.256 e. The van der Waals surface area contributed by atoms with Crippen molar-refractivity contribution in [2.45, 2.75) is 33.7 Å². The monoisotopic (exact) mass is 475 g/mol. The van der Waals surface area contributed by atoms with E-state index >= 15 is 0 Å². The van der Waals surface area contributed by atoms with Crippen LogP contribution in [0.1, 0.15) is 40.9 Å². The lowest BCUT2D eigenvalue weighted by Crippen LogP contribution is -2.48. The van der Waals surface area contributed by atoms with E-state index in [1.165, 1.54) is 5.69 Å². The number of aromatic nitrogens is 2. The molecule has 1 aromatic heterocycles. The highest BCUT2D eigenvalue weighted by Gasteiger charge is 2.20. The van der Waals surface area contributed by atoms with Crippen LogP contribution in [-0.4, -0.2) is 64.5 Å². The number of carbonyl (C=O) groups excluding carboxylic acids is 1. The van der Waals surface area contributed by atoms with Crippen molar-refractivity contribution in [1.82, 2.24) is 15.1 Å². The number of aryl methyl sites for hydroxylation is 2. The first-order chi connectivity index (χ1) is 16.7.